The van der Waals surface area contributed by atoms with E-state index < -0.39 is 12.1 Å². The van der Waals surface area contributed by atoms with Gasteiger partial charge in [-0.2, -0.15) is 5.10 Å². The average molecular weight is 317 g/mol. The maximum absolute atomic E-state index is 12.9. The number of halogens is 1. The van der Waals surface area contributed by atoms with E-state index in [9.17, 15) is 14.3 Å². The number of nitrogens with zero attached hydrogens (tertiary/aromatic N) is 2. The third-order valence-corrected chi connectivity index (χ3v) is 3.51. The van der Waals surface area contributed by atoms with Gasteiger partial charge < -0.3 is 10.4 Å². The highest BCUT2D eigenvalue weighted by molar-refractivity contribution is 5.91. The predicted octanol–water partition coefficient (Wildman–Crippen LogP) is 2.29. The van der Waals surface area contributed by atoms with Crippen molar-refractivity contribution in [2.24, 2.45) is 0 Å². The maximum Gasteiger partial charge on any atom is 0.244 e. The molecule has 2 rings (SSSR count). The summed E-state index contributed by atoms with van der Waals surface area (Å²) in [5, 5.41) is 17.0. The van der Waals surface area contributed by atoms with E-state index in [4.69, 9.17) is 0 Å². The van der Waals surface area contributed by atoms with E-state index in [1.54, 1.807) is 23.9 Å². The molecule has 0 saturated carbocycles. The number of hydrogen-bond donors (Lipinski definition) is 2. The topological polar surface area (TPSA) is 67.2 Å². The molecule has 1 heterocycles. The van der Waals surface area contributed by atoms with Gasteiger partial charge in [-0.1, -0.05) is 12.1 Å². The van der Waals surface area contributed by atoms with E-state index in [2.05, 4.69) is 10.4 Å². The van der Waals surface area contributed by atoms with Gasteiger partial charge in [0.15, 0.2) is 0 Å². The van der Waals surface area contributed by atoms with Crippen molar-refractivity contribution in [2.75, 3.05) is 0 Å². The molecule has 2 N–H and O–H groups in total. The summed E-state index contributed by atoms with van der Waals surface area (Å²) >= 11 is 0. The molecule has 122 valence electrons. The molecular formula is C17H20FN3O2. The summed E-state index contributed by atoms with van der Waals surface area (Å²) in [5.41, 5.74) is 1.38. The van der Waals surface area contributed by atoms with Gasteiger partial charge in [0.2, 0.25) is 5.91 Å². The number of hydrogen-bond acceptors (Lipinski definition) is 3. The molecule has 0 aliphatic heterocycles. The number of carbonyl (C=O) groups excluding carboxylic acids is 1. The Morgan fingerprint density at radius 2 is 2.09 bits per heavy atom. The zero-order chi connectivity index (χ0) is 16.8. The fourth-order valence-electron chi connectivity index (χ4n) is 2.21. The molecule has 1 amide bonds. The van der Waals surface area contributed by atoms with Gasteiger partial charge in [-0.15, -0.1) is 0 Å². The molecule has 0 fully saturated rings. The Labute approximate surface area is 134 Å². The van der Waals surface area contributed by atoms with Crippen LogP contribution in [0, 0.1) is 5.82 Å². The first-order chi connectivity index (χ1) is 11.0. The van der Waals surface area contributed by atoms with Gasteiger partial charge in [0.1, 0.15) is 5.82 Å². The number of amides is 1. The molecule has 0 saturated heterocycles. The Kier molecular flexibility index (Phi) is 5.65. The number of aryl methyl sites for hydroxylation is 1. The number of aromatic nitrogens is 2. The molecule has 5 nitrogen and oxygen atoms in total. The fourth-order valence-corrected chi connectivity index (χ4v) is 2.21. The van der Waals surface area contributed by atoms with Crippen molar-refractivity contribution in [3.8, 4) is 0 Å². The lowest BCUT2D eigenvalue weighted by molar-refractivity contribution is -0.117. The van der Waals surface area contributed by atoms with E-state index >= 15 is 0 Å². The third kappa shape index (κ3) is 4.50. The van der Waals surface area contributed by atoms with E-state index in [0.29, 0.717) is 12.1 Å². The first-order valence-corrected chi connectivity index (χ1v) is 7.45. The smallest absolute Gasteiger partial charge is 0.244 e. The Hall–Kier alpha value is -2.47. The predicted molar refractivity (Wildman–Crippen MR) is 85.9 cm³/mol. The third-order valence-electron chi connectivity index (χ3n) is 3.51. The first-order valence-electron chi connectivity index (χ1n) is 7.45. The molecule has 0 aliphatic rings. The average Bonchev–Trinajstić information content (AvgIpc) is 3.00. The lowest BCUT2D eigenvalue weighted by Crippen LogP contribution is -2.36. The summed E-state index contributed by atoms with van der Waals surface area (Å²) in [4.78, 5) is 11.9. The van der Waals surface area contributed by atoms with Crippen LogP contribution in [-0.4, -0.2) is 26.8 Å². The Morgan fingerprint density at radius 1 is 1.39 bits per heavy atom. The van der Waals surface area contributed by atoms with Crippen LogP contribution < -0.4 is 5.32 Å². The highest BCUT2D eigenvalue weighted by Gasteiger charge is 2.17. The zero-order valence-corrected chi connectivity index (χ0v) is 13.1. The zero-order valence-electron chi connectivity index (χ0n) is 13.1. The Bertz CT molecular complexity index is 679. The van der Waals surface area contributed by atoms with E-state index in [1.165, 1.54) is 30.3 Å². The molecule has 2 aromatic rings. The summed E-state index contributed by atoms with van der Waals surface area (Å²) in [6.07, 6.45) is 3.83. The van der Waals surface area contributed by atoms with Crippen LogP contribution in [0.1, 0.15) is 31.2 Å². The van der Waals surface area contributed by atoms with Crippen LogP contribution in [0.25, 0.3) is 6.08 Å². The summed E-state index contributed by atoms with van der Waals surface area (Å²) in [7, 11) is 0. The van der Waals surface area contributed by atoms with Gasteiger partial charge in [-0.3, -0.25) is 9.48 Å². The second-order valence-electron chi connectivity index (χ2n) is 5.20. The van der Waals surface area contributed by atoms with Gasteiger partial charge in [0.05, 0.1) is 17.8 Å². The molecule has 2 atom stereocenters. The second kappa shape index (κ2) is 7.69. The maximum atomic E-state index is 12.9. The van der Waals surface area contributed by atoms with Crippen LogP contribution in [0.2, 0.25) is 0 Å². The minimum absolute atomic E-state index is 0.317. The number of carbonyl (C=O) groups is 1. The van der Waals surface area contributed by atoms with E-state index in [-0.39, 0.29) is 11.7 Å². The van der Waals surface area contributed by atoms with Gasteiger partial charge >= 0.3 is 0 Å². The molecule has 23 heavy (non-hydrogen) atoms. The van der Waals surface area contributed by atoms with Crippen molar-refractivity contribution in [3.05, 3.63) is 59.7 Å². The van der Waals surface area contributed by atoms with Crippen LogP contribution in [0.15, 0.2) is 42.6 Å². The molecule has 1 aromatic heterocycles. The molecule has 6 heteroatoms. The second-order valence-corrected chi connectivity index (χ2v) is 5.20. The van der Waals surface area contributed by atoms with Gasteiger partial charge in [0.25, 0.3) is 0 Å². The summed E-state index contributed by atoms with van der Waals surface area (Å²) in [6.45, 7) is 4.37. The number of rotatable bonds is 6. The van der Waals surface area contributed by atoms with Crippen LogP contribution >= 0.6 is 0 Å². The SMILES string of the molecule is CCn1nccc1/C=C/C(=O)NC(C)C(O)c1ccc(F)cc1. The monoisotopic (exact) mass is 317 g/mol. The lowest BCUT2D eigenvalue weighted by atomic mass is 10.0. The summed E-state index contributed by atoms with van der Waals surface area (Å²) in [6, 6.07) is 6.85. The van der Waals surface area contributed by atoms with Crippen LogP contribution in [0.4, 0.5) is 4.39 Å². The van der Waals surface area contributed by atoms with Crippen molar-refractivity contribution >= 4 is 12.0 Å². The van der Waals surface area contributed by atoms with Crippen LogP contribution in [-0.2, 0) is 11.3 Å². The quantitative estimate of drug-likeness (QED) is 0.803. The molecule has 0 radical (unpaired) electrons. The number of benzene rings is 1. The van der Waals surface area contributed by atoms with Crippen LogP contribution in [0.5, 0.6) is 0 Å². The minimum atomic E-state index is -0.908. The van der Waals surface area contributed by atoms with E-state index in [1.807, 2.05) is 13.0 Å². The standard InChI is InChI=1S/C17H20FN3O2/c1-3-21-15(10-11-19-21)8-9-16(22)20-12(2)17(23)13-4-6-14(18)7-5-13/h4-12,17,23H,3H2,1-2H3,(H,20,22)/b9-8+. The summed E-state index contributed by atoms with van der Waals surface area (Å²) < 4.78 is 14.7. The van der Waals surface area contributed by atoms with Crippen molar-refractivity contribution in [2.45, 2.75) is 32.5 Å². The Morgan fingerprint density at radius 3 is 2.74 bits per heavy atom. The minimum Gasteiger partial charge on any atom is -0.386 e. The van der Waals surface area contributed by atoms with Crippen molar-refractivity contribution in [3.63, 3.8) is 0 Å². The highest BCUT2D eigenvalue weighted by Crippen LogP contribution is 2.17. The van der Waals surface area contributed by atoms with Crippen molar-refractivity contribution in [1.29, 1.82) is 0 Å². The largest absolute Gasteiger partial charge is 0.386 e. The molecule has 2 unspecified atom stereocenters. The van der Waals surface area contributed by atoms with E-state index in [0.717, 1.165) is 5.69 Å². The fraction of sp³-hybridized carbons (Fsp3) is 0.294. The van der Waals surface area contributed by atoms with Gasteiger partial charge in [0, 0.05) is 18.8 Å². The number of nitrogens with one attached hydrogen (secondary N) is 1. The number of aliphatic hydroxyl groups is 1. The molecule has 0 aliphatic carbocycles. The van der Waals surface area contributed by atoms with Crippen molar-refractivity contribution in [1.82, 2.24) is 15.1 Å². The Balaban J connectivity index is 1.95. The first kappa shape index (κ1) is 16.9. The highest BCUT2D eigenvalue weighted by atomic mass is 19.1. The van der Waals surface area contributed by atoms with Crippen molar-refractivity contribution < 1.29 is 14.3 Å². The van der Waals surface area contributed by atoms with Gasteiger partial charge in [-0.05, 0) is 43.7 Å². The normalized spacial score (nSPS) is 13.9. The molecule has 0 bridgehead atoms. The number of aliphatic hydroxyl groups excluding tert-OH is 1. The molecular weight excluding hydrogens is 297 g/mol. The molecule has 0 spiro atoms. The van der Waals surface area contributed by atoms with Crippen LogP contribution in [0.3, 0.4) is 0 Å². The summed E-state index contributed by atoms with van der Waals surface area (Å²) in [5.74, 6) is -0.685. The lowest BCUT2D eigenvalue weighted by Gasteiger charge is -2.19. The van der Waals surface area contributed by atoms with Gasteiger partial charge in [-0.25, -0.2) is 4.39 Å². The molecule has 1 aromatic carbocycles.